The first-order valence-electron chi connectivity index (χ1n) is 3.76. The number of benzene rings is 1. The third-order valence-corrected chi connectivity index (χ3v) is 2.51. The van der Waals surface area contributed by atoms with E-state index in [2.05, 4.69) is 15.9 Å². The average molecular weight is 264 g/mol. The van der Waals surface area contributed by atoms with Gasteiger partial charge in [0.25, 0.3) is 0 Å². The lowest BCUT2D eigenvalue weighted by atomic mass is 10.2. The number of hydrogen-bond donors (Lipinski definition) is 0. The normalized spacial score (nSPS) is 9.77. The zero-order valence-electron chi connectivity index (χ0n) is 7.01. The summed E-state index contributed by atoms with van der Waals surface area (Å²) in [5.74, 6) is 0.522. The summed E-state index contributed by atoms with van der Waals surface area (Å²) in [5.41, 5.74) is 0.438. The van der Waals surface area contributed by atoms with E-state index < -0.39 is 0 Å². The van der Waals surface area contributed by atoms with E-state index in [-0.39, 0.29) is 0 Å². The van der Waals surface area contributed by atoms with Crippen molar-refractivity contribution in [2.45, 2.75) is 6.92 Å². The summed E-state index contributed by atoms with van der Waals surface area (Å²) in [5, 5.41) is 0.353. The van der Waals surface area contributed by atoms with Gasteiger partial charge in [-0.1, -0.05) is 11.6 Å². The molecule has 70 valence electrons. The molecule has 1 rings (SSSR count). The Morgan fingerprint density at radius 3 is 2.85 bits per heavy atom. The molecule has 0 heterocycles. The maximum atomic E-state index is 10.5. The Labute approximate surface area is 90.0 Å². The lowest BCUT2D eigenvalue weighted by Crippen LogP contribution is -1.95. The molecule has 0 N–H and O–H groups in total. The molecular weight excluding hydrogens is 255 g/mol. The topological polar surface area (TPSA) is 26.3 Å². The Bertz CT molecular complexity index is 326. The van der Waals surface area contributed by atoms with Gasteiger partial charge in [0.2, 0.25) is 0 Å². The van der Waals surface area contributed by atoms with Crippen LogP contribution in [0.5, 0.6) is 5.75 Å². The van der Waals surface area contributed by atoms with Crippen LogP contribution in [0.15, 0.2) is 16.6 Å². The SMILES string of the molecule is CCOc1c(Br)ccc(C=O)c1Cl. The van der Waals surface area contributed by atoms with E-state index in [4.69, 9.17) is 16.3 Å². The molecule has 0 unspecified atom stereocenters. The van der Waals surface area contributed by atoms with Crippen molar-refractivity contribution >= 4 is 33.8 Å². The summed E-state index contributed by atoms with van der Waals surface area (Å²) in [6.45, 7) is 2.37. The Morgan fingerprint density at radius 1 is 1.62 bits per heavy atom. The van der Waals surface area contributed by atoms with Gasteiger partial charge in [0.1, 0.15) is 0 Å². The Balaban J connectivity index is 3.21. The second-order valence-corrected chi connectivity index (χ2v) is 3.56. The molecule has 0 aromatic heterocycles. The van der Waals surface area contributed by atoms with Gasteiger partial charge in [-0.25, -0.2) is 0 Å². The third-order valence-electron chi connectivity index (χ3n) is 1.49. The second-order valence-electron chi connectivity index (χ2n) is 2.33. The standard InChI is InChI=1S/C9H8BrClO2/c1-2-13-9-7(10)4-3-6(5-12)8(9)11/h3-5H,2H2,1H3. The first kappa shape index (κ1) is 10.5. The van der Waals surface area contributed by atoms with Crippen LogP contribution in [-0.4, -0.2) is 12.9 Å². The van der Waals surface area contributed by atoms with E-state index in [1.807, 2.05) is 6.92 Å². The van der Waals surface area contributed by atoms with E-state index in [0.717, 1.165) is 4.47 Å². The minimum absolute atomic E-state index is 0.353. The predicted octanol–water partition coefficient (Wildman–Crippen LogP) is 3.31. The van der Waals surface area contributed by atoms with Gasteiger partial charge in [-0.2, -0.15) is 0 Å². The molecule has 4 heteroatoms. The summed E-state index contributed by atoms with van der Waals surface area (Å²) in [6.07, 6.45) is 0.706. The molecule has 0 saturated carbocycles. The van der Waals surface area contributed by atoms with Crippen molar-refractivity contribution in [3.05, 3.63) is 27.2 Å². The van der Waals surface area contributed by atoms with Crippen LogP contribution in [0.2, 0.25) is 5.02 Å². The van der Waals surface area contributed by atoms with Crippen LogP contribution < -0.4 is 4.74 Å². The third kappa shape index (κ3) is 2.23. The summed E-state index contributed by atoms with van der Waals surface area (Å²) in [4.78, 5) is 10.5. The van der Waals surface area contributed by atoms with Crippen molar-refractivity contribution in [3.63, 3.8) is 0 Å². The van der Waals surface area contributed by atoms with Crippen LogP contribution in [0.25, 0.3) is 0 Å². The van der Waals surface area contributed by atoms with Crippen molar-refractivity contribution < 1.29 is 9.53 Å². The number of aldehydes is 1. The molecule has 0 amide bonds. The molecule has 0 fully saturated rings. The molecule has 0 saturated heterocycles. The molecule has 0 atom stereocenters. The smallest absolute Gasteiger partial charge is 0.152 e. The highest BCUT2D eigenvalue weighted by atomic mass is 79.9. The highest BCUT2D eigenvalue weighted by molar-refractivity contribution is 9.10. The zero-order valence-corrected chi connectivity index (χ0v) is 9.35. The summed E-state index contributed by atoms with van der Waals surface area (Å²) < 4.78 is 6.03. The highest BCUT2D eigenvalue weighted by Crippen LogP contribution is 2.34. The molecule has 13 heavy (non-hydrogen) atoms. The Morgan fingerprint density at radius 2 is 2.31 bits per heavy atom. The second kappa shape index (κ2) is 4.63. The number of ether oxygens (including phenoxy) is 1. The van der Waals surface area contributed by atoms with E-state index >= 15 is 0 Å². The van der Waals surface area contributed by atoms with E-state index in [9.17, 15) is 4.79 Å². The van der Waals surface area contributed by atoms with Gasteiger partial charge in [0, 0.05) is 5.56 Å². The molecule has 0 aliphatic carbocycles. The summed E-state index contributed by atoms with van der Waals surface area (Å²) >= 11 is 9.19. The maximum Gasteiger partial charge on any atom is 0.152 e. The predicted molar refractivity (Wildman–Crippen MR) is 55.7 cm³/mol. The first-order chi connectivity index (χ1) is 6.20. The number of rotatable bonds is 3. The maximum absolute atomic E-state index is 10.5. The van der Waals surface area contributed by atoms with Crippen LogP contribution in [0.4, 0.5) is 0 Å². The summed E-state index contributed by atoms with van der Waals surface area (Å²) in [7, 11) is 0. The molecule has 0 bridgehead atoms. The quantitative estimate of drug-likeness (QED) is 0.782. The first-order valence-corrected chi connectivity index (χ1v) is 4.93. The minimum Gasteiger partial charge on any atom is -0.491 e. The molecular formula is C9H8BrClO2. The van der Waals surface area contributed by atoms with Crippen molar-refractivity contribution in [3.8, 4) is 5.75 Å². The molecule has 0 radical (unpaired) electrons. The van der Waals surface area contributed by atoms with Gasteiger partial charge in [0.15, 0.2) is 12.0 Å². The number of halogens is 2. The minimum atomic E-state index is 0.353. The number of carbonyl (C=O) groups excluding carboxylic acids is 1. The fourth-order valence-corrected chi connectivity index (χ4v) is 1.74. The zero-order chi connectivity index (χ0) is 9.84. The Kier molecular flexibility index (Phi) is 3.75. The fourth-order valence-electron chi connectivity index (χ4n) is 0.915. The van der Waals surface area contributed by atoms with Gasteiger partial charge < -0.3 is 4.74 Å². The lowest BCUT2D eigenvalue weighted by molar-refractivity contribution is 0.112. The molecule has 1 aromatic carbocycles. The van der Waals surface area contributed by atoms with Gasteiger partial charge in [0.05, 0.1) is 16.1 Å². The Hall–Kier alpha value is -0.540. The van der Waals surface area contributed by atoms with Crippen LogP contribution >= 0.6 is 27.5 Å². The molecule has 2 nitrogen and oxygen atoms in total. The van der Waals surface area contributed by atoms with Crippen molar-refractivity contribution in [2.24, 2.45) is 0 Å². The largest absolute Gasteiger partial charge is 0.491 e. The van der Waals surface area contributed by atoms with Gasteiger partial charge in [-0.05, 0) is 35.0 Å². The fraction of sp³-hybridized carbons (Fsp3) is 0.222. The highest BCUT2D eigenvalue weighted by Gasteiger charge is 2.10. The van der Waals surface area contributed by atoms with Crippen molar-refractivity contribution in [2.75, 3.05) is 6.61 Å². The molecule has 0 aliphatic heterocycles. The van der Waals surface area contributed by atoms with Crippen molar-refractivity contribution in [1.29, 1.82) is 0 Å². The lowest BCUT2D eigenvalue weighted by Gasteiger charge is -2.08. The monoisotopic (exact) mass is 262 g/mol. The van der Waals surface area contributed by atoms with Crippen LogP contribution in [0.3, 0.4) is 0 Å². The summed E-state index contributed by atoms with van der Waals surface area (Å²) in [6, 6.07) is 3.38. The van der Waals surface area contributed by atoms with E-state index in [0.29, 0.717) is 29.2 Å². The van der Waals surface area contributed by atoms with Crippen LogP contribution in [-0.2, 0) is 0 Å². The van der Waals surface area contributed by atoms with Crippen LogP contribution in [0, 0.1) is 0 Å². The van der Waals surface area contributed by atoms with Crippen molar-refractivity contribution in [1.82, 2.24) is 0 Å². The van der Waals surface area contributed by atoms with Gasteiger partial charge >= 0.3 is 0 Å². The molecule has 0 spiro atoms. The van der Waals surface area contributed by atoms with Crippen LogP contribution in [0.1, 0.15) is 17.3 Å². The van der Waals surface area contributed by atoms with E-state index in [1.54, 1.807) is 12.1 Å². The van der Waals surface area contributed by atoms with Gasteiger partial charge in [-0.3, -0.25) is 4.79 Å². The van der Waals surface area contributed by atoms with Gasteiger partial charge in [-0.15, -0.1) is 0 Å². The number of hydrogen-bond acceptors (Lipinski definition) is 2. The average Bonchev–Trinajstić information content (AvgIpc) is 2.12. The number of carbonyl (C=O) groups is 1. The molecule has 1 aromatic rings. The molecule has 0 aliphatic rings. The van der Waals surface area contributed by atoms with E-state index in [1.165, 1.54) is 0 Å².